The highest BCUT2D eigenvalue weighted by molar-refractivity contribution is 5.58. The minimum Gasteiger partial charge on any atom is -0.496 e. The van der Waals surface area contributed by atoms with Gasteiger partial charge in [0.1, 0.15) is 11.5 Å². The average Bonchev–Trinajstić information content (AvgIpc) is 2.45. The second-order valence-corrected chi connectivity index (χ2v) is 4.37. The van der Waals surface area contributed by atoms with Crippen LogP contribution in [0.1, 0.15) is 11.1 Å². The van der Waals surface area contributed by atoms with Crippen LogP contribution in [0.3, 0.4) is 0 Å². The lowest BCUT2D eigenvalue weighted by Crippen LogP contribution is -2.03. The summed E-state index contributed by atoms with van der Waals surface area (Å²) in [4.78, 5) is 0. The Balaban J connectivity index is 2.16. The topological polar surface area (TPSA) is 30.5 Å². The van der Waals surface area contributed by atoms with Crippen LogP contribution in [0, 0.1) is 6.92 Å². The lowest BCUT2D eigenvalue weighted by atomic mass is 10.1. The summed E-state index contributed by atoms with van der Waals surface area (Å²) in [7, 11) is 3.37. The van der Waals surface area contributed by atoms with Crippen molar-refractivity contribution in [2.75, 3.05) is 19.5 Å². The third-order valence-corrected chi connectivity index (χ3v) is 3.02. The van der Waals surface area contributed by atoms with E-state index in [0.717, 1.165) is 22.7 Å². The zero-order chi connectivity index (χ0) is 13.7. The van der Waals surface area contributed by atoms with Crippen LogP contribution in [-0.2, 0) is 6.54 Å². The van der Waals surface area contributed by atoms with Gasteiger partial charge in [-0.15, -0.1) is 0 Å². The quantitative estimate of drug-likeness (QED) is 0.887. The fourth-order valence-corrected chi connectivity index (χ4v) is 2.00. The second-order valence-electron chi connectivity index (χ2n) is 4.37. The Morgan fingerprint density at radius 2 is 1.68 bits per heavy atom. The highest BCUT2D eigenvalue weighted by Gasteiger charge is 2.05. The van der Waals surface area contributed by atoms with E-state index in [2.05, 4.69) is 18.3 Å². The molecule has 0 radical (unpaired) electrons. The number of para-hydroxylation sites is 1. The third-order valence-electron chi connectivity index (χ3n) is 3.02. The highest BCUT2D eigenvalue weighted by atomic mass is 16.5. The number of anilines is 1. The number of ether oxygens (including phenoxy) is 2. The minimum absolute atomic E-state index is 0.698. The largest absolute Gasteiger partial charge is 0.496 e. The van der Waals surface area contributed by atoms with Gasteiger partial charge in [0.05, 0.1) is 19.9 Å². The van der Waals surface area contributed by atoms with Gasteiger partial charge in [0.15, 0.2) is 0 Å². The molecule has 0 spiro atoms. The molecule has 0 saturated heterocycles. The zero-order valence-corrected chi connectivity index (χ0v) is 11.6. The Labute approximate surface area is 114 Å². The van der Waals surface area contributed by atoms with Crippen molar-refractivity contribution in [1.82, 2.24) is 0 Å². The van der Waals surface area contributed by atoms with Gasteiger partial charge in [0.25, 0.3) is 0 Å². The number of hydrogen-bond donors (Lipinski definition) is 1. The van der Waals surface area contributed by atoms with Crippen LogP contribution in [0.5, 0.6) is 11.5 Å². The standard InChI is InChI=1S/C16H19NO2/c1-12-8-9-16(19-3)14(10-12)17-11-13-6-4-5-7-15(13)18-2/h4-10,17H,11H2,1-3H3. The van der Waals surface area contributed by atoms with Crippen molar-refractivity contribution in [1.29, 1.82) is 0 Å². The van der Waals surface area contributed by atoms with Crippen molar-refractivity contribution in [2.45, 2.75) is 13.5 Å². The third kappa shape index (κ3) is 3.19. The van der Waals surface area contributed by atoms with Gasteiger partial charge < -0.3 is 14.8 Å². The van der Waals surface area contributed by atoms with Crippen molar-refractivity contribution in [3.8, 4) is 11.5 Å². The molecule has 0 atom stereocenters. The monoisotopic (exact) mass is 257 g/mol. The molecule has 2 aromatic rings. The summed E-state index contributed by atoms with van der Waals surface area (Å²) >= 11 is 0. The Morgan fingerprint density at radius 3 is 2.42 bits per heavy atom. The minimum atomic E-state index is 0.698. The van der Waals surface area contributed by atoms with Gasteiger partial charge in [0, 0.05) is 12.1 Å². The molecule has 0 fully saturated rings. The van der Waals surface area contributed by atoms with Gasteiger partial charge in [0.2, 0.25) is 0 Å². The van der Waals surface area contributed by atoms with Gasteiger partial charge >= 0.3 is 0 Å². The lowest BCUT2D eigenvalue weighted by Gasteiger charge is -2.13. The molecule has 0 unspecified atom stereocenters. The van der Waals surface area contributed by atoms with Crippen LogP contribution in [0.2, 0.25) is 0 Å². The molecule has 0 aliphatic rings. The number of hydrogen-bond acceptors (Lipinski definition) is 3. The summed E-state index contributed by atoms with van der Waals surface area (Å²) in [5, 5.41) is 3.39. The van der Waals surface area contributed by atoms with Gasteiger partial charge in [-0.2, -0.15) is 0 Å². The number of rotatable bonds is 5. The van der Waals surface area contributed by atoms with Crippen molar-refractivity contribution in [2.24, 2.45) is 0 Å². The maximum atomic E-state index is 5.35. The summed E-state index contributed by atoms with van der Waals surface area (Å²) in [5.74, 6) is 1.74. The van der Waals surface area contributed by atoms with E-state index in [0.29, 0.717) is 6.54 Å². The average molecular weight is 257 g/mol. The Morgan fingerprint density at radius 1 is 0.947 bits per heavy atom. The van der Waals surface area contributed by atoms with Crippen LogP contribution in [0.4, 0.5) is 5.69 Å². The second kappa shape index (κ2) is 6.14. The van der Waals surface area contributed by atoms with Crippen LogP contribution >= 0.6 is 0 Å². The first-order valence-corrected chi connectivity index (χ1v) is 6.25. The van der Waals surface area contributed by atoms with E-state index in [1.165, 1.54) is 5.56 Å². The molecule has 0 aliphatic carbocycles. The van der Waals surface area contributed by atoms with E-state index in [1.54, 1.807) is 14.2 Å². The molecular weight excluding hydrogens is 238 g/mol. The van der Waals surface area contributed by atoms with Crippen molar-refractivity contribution < 1.29 is 9.47 Å². The summed E-state index contributed by atoms with van der Waals surface area (Å²) < 4.78 is 10.7. The molecule has 3 heteroatoms. The fourth-order valence-electron chi connectivity index (χ4n) is 2.00. The number of aryl methyl sites for hydroxylation is 1. The van der Waals surface area contributed by atoms with E-state index in [9.17, 15) is 0 Å². The maximum absolute atomic E-state index is 5.35. The van der Waals surface area contributed by atoms with E-state index in [1.807, 2.05) is 36.4 Å². The predicted molar refractivity (Wildman–Crippen MR) is 78.1 cm³/mol. The smallest absolute Gasteiger partial charge is 0.141 e. The fraction of sp³-hybridized carbons (Fsp3) is 0.250. The van der Waals surface area contributed by atoms with E-state index >= 15 is 0 Å². The Hall–Kier alpha value is -2.16. The van der Waals surface area contributed by atoms with E-state index in [4.69, 9.17) is 9.47 Å². The predicted octanol–water partition coefficient (Wildman–Crippen LogP) is 3.62. The summed E-state index contributed by atoms with van der Waals surface area (Å²) in [6.45, 7) is 2.76. The van der Waals surface area contributed by atoms with Gasteiger partial charge in [-0.1, -0.05) is 24.3 Å². The first kappa shape index (κ1) is 13.3. The molecule has 1 N–H and O–H groups in total. The molecule has 3 nitrogen and oxygen atoms in total. The van der Waals surface area contributed by atoms with Crippen molar-refractivity contribution in [3.63, 3.8) is 0 Å². The van der Waals surface area contributed by atoms with Crippen LogP contribution in [-0.4, -0.2) is 14.2 Å². The van der Waals surface area contributed by atoms with E-state index in [-0.39, 0.29) is 0 Å². The van der Waals surface area contributed by atoms with Crippen molar-refractivity contribution in [3.05, 3.63) is 53.6 Å². The molecule has 0 aromatic heterocycles. The molecular formula is C16H19NO2. The Bertz CT molecular complexity index is 552. The van der Waals surface area contributed by atoms with E-state index < -0.39 is 0 Å². The first-order chi connectivity index (χ1) is 9.24. The first-order valence-electron chi connectivity index (χ1n) is 6.25. The number of benzene rings is 2. The molecule has 0 bridgehead atoms. The molecule has 19 heavy (non-hydrogen) atoms. The highest BCUT2D eigenvalue weighted by Crippen LogP contribution is 2.27. The molecule has 0 saturated carbocycles. The van der Waals surface area contributed by atoms with Gasteiger partial charge in [-0.25, -0.2) is 0 Å². The summed E-state index contributed by atoms with van der Waals surface area (Å²) in [6, 6.07) is 14.1. The lowest BCUT2D eigenvalue weighted by molar-refractivity contribution is 0.409. The molecule has 0 amide bonds. The molecule has 2 rings (SSSR count). The molecule has 0 aliphatic heterocycles. The van der Waals surface area contributed by atoms with Gasteiger partial charge in [-0.05, 0) is 30.7 Å². The SMILES string of the molecule is COc1ccccc1CNc1cc(C)ccc1OC. The van der Waals surface area contributed by atoms with Crippen LogP contribution in [0.25, 0.3) is 0 Å². The van der Waals surface area contributed by atoms with Crippen LogP contribution < -0.4 is 14.8 Å². The number of methoxy groups -OCH3 is 2. The number of nitrogens with one attached hydrogen (secondary N) is 1. The normalized spacial score (nSPS) is 10.1. The maximum Gasteiger partial charge on any atom is 0.141 e. The van der Waals surface area contributed by atoms with Crippen molar-refractivity contribution >= 4 is 5.69 Å². The van der Waals surface area contributed by atoms with Gasteiger partial charge in [-0.3, -0.25) is 0 Å². The molecule has 0 heterocycles. The summed E-state index contributed by atoms with van der Waals surface area (Å²) in [6.07, 6.45) is 0. The van der Waals surface area contributed by atoms with Crippen LogP contribution in [0.15, 0.2) is 42.5 Å². The molecule has 100 valence electrons. The molecule has 2 aromatic carbocycles. The summed E-state index contributed by atoms with van der Waals surface area (Å²) in [5.41, 5.74) is 3.31. The zero-order valence-electron chi connectivity index (χ0n) is 11.6. The Kier molecular flexibility index (Phi) is 4.29.